The minimum atomic E-state index is -0.967. The maximum absolute atomic E-state index is 10.5. The number of nitrogens with zero attached hydrogens (tertiary/aromatic N) is 3. The quantitative estimate of drug-likeness (QED) is 0.821. The van der Waals surface area contributed by atoms with Gasteiger partial charge in [0, 0.05) is 7.05 Å². The topological polar surface area (TPSA) is 75.5 Å². The van der Waals surface area contributed by atoms with Gasteiger partial charge in [0.05, 0.1) is 13.3 Å². The summed E-state index contributed by atoms with van der Waals surface area (Å²) in [4.78, 5) is 19.6. The van der Waals surface area contributed by atoms with E-state index in [9.17, 15) is 4.79 Å². The summed E-state index contributed by atoms with van der Waals surface area (Å²) in [5, 5.41) is 8.88. The van der Waals surface area contributed by atoms with Gasteiger partial charge in [-0.2, -0.15) is 4.98 Å². The molecule has 1 heterocycles. The predicted molar refractivity (Wildman–Crippen MR) is 54.5 cm³/mol. The van der Waals surface area contributed by atoms with Crippen LogP contribution in [0.25, 0.3) is 0 Å². The predicted octanol–water partition coefficient (Wildman–Crippen LogP) is 0.659. The van der Waals surface area contributed by atoms with Gasteiger partial charge in [0.2, 0.25) is 0 Å². The average Bonchev–Trinajstić information content (AvgIpc) is 2.17. The second kappa shape index (κ2) is 4.79. The molecule has 6 nitrogen and oxygen atoms in total. The molecule has 0 saturated heterocycles. The van der Waals surface area contributed by atoms with E-state index >= 15 is 0 Å². The maximum Gasteiger partial charge on any atom is 0.323 e. The normalized spacial score (nSPS) is 9.80. The zero-order valence-corrected chi connectivity index (χ0v) is 9.02. The Hall–Kier alpha value is -1.56. The van der Waals surface area contributed by atoms with Gasteiger partial charge in [-0.15, -0.1) is 0 Å². The van der Waals surface area contributed by atoms with Crippen LogP contribution in [0.3, 0.4) is 0 Å². The van der Waals surface area contributed by atoms with Crippen molar-refractivity contribution in [3.8, 4) is 6.01 Å². The molecule has 0 bridgehead atoms. The lowest BCUT2D eigenvalue weighted by Gasteiger charge is -2.16. The van der Waals surface area contributed by atoms with Gasteiger partial charge >= 0.3 is 12.0 Å². The van der Waals surface area contributed by atoms with Gasteiger partial charge in [-0.3, -0.25) is 4.79 Å². The summed E-state index contributed by atoms with van der Waals surface area (Å²) in [5.41, 5.74) is 0. The number of anilines is 1. The maximum atomic E-state index is 10.5. The van der Waals surface area contributed by atoms with E-state index in [0.717, 1.165) is 0 Å². The van der Waals surface area contributed by atoms with Gasteiger partial charge < -0.3 is 14.7 Å². The monoisotopic (exact) mass is 231 g/mol. The largest absolute Gasteiger partial charge is 0.480 e. The molecule has 0 aromatic carbocycles. The summed E-state index contributed by atoms with van der Waals surface area (Å²) < 4.78 is 4.81. The van der Waals surface area contributed by atoms with Crippen molar-refractivity contribution in [2.75, 3.05) is 25.6 Å². The molecule has 0 amide bonds. The van der Waals surface area contributed by atoms with Crippen LogP contribution >= 0.6 is 11.6 Å². The molecule has 0 fully saturated rings. The molecule has 7 heteroatoms. The Balaban J connectivity index is 2.95. The molecular formula is C8H10ClN3O3. The van der Waals surface area contributed by atoms with Crippen molar-refractivity contribution in [3.63, 3.8) is 0 Å². The summed E-state index contributed by atoms with van der Waals surface area (Å²) in [7, 11) is 2.99. The van der Waals surface area contributed by atoms with Crippen LogP contribution in [-0.4, -0.2) is 41.7 Å². The molecule has 82 valence electrons. The summed E-state index contributed by atoms with van der Waals surface area (Å²) in [6.07, 6.45) is 1.36. The van der Waals surface area contributed by atoms with Crippen molar-refractivity contribution in [2.24, 2.45) is 0 Å². The number of aromatic nitrogens is 2. The number of carboxylic acid groups (broad SMARTS) is 1. The number of rotatable bonds is 4. The molecule has 0 unspecified atom stereocenters. The molecular weight excluding hydrogens is 222 g/mol. The minimum absolute atomic E-state index is 0.145. The highest BCUT2D eigenvalue weighted by atomic mass is 35.5. The molecule has 0 aliphatic heterocycles. The first kappa shape index (κ1) is 11.5. The van der Waals surface area contributed by atoms with Gasteiger partial charge in [-0.1, -0.05) is 11.6 Å². The molecule has 0 saturated carbocycles. The zero-order valence-electron chi connectivity index (χ0n) is 8.27. The second-order valence-electron chi connectivity index (χ2n) is 2.78. The van der Waals surface area contributed by atoms with Gasteiger partial charge in [-0.05, 0) is 0 Å². The molecule has 0 radical (unpaired) electrons. The van der Waals surface area contributed by atoms with Gasteiger partial charge in [-0.25, -0.2) is 4.98 Å². The molecule has 1 aromatic rings. The highest BCUT2D eigenvalue weighted by Crippen LogP contribution is 2.22. The molecule has 0 aliphatic rings. The Kier molecular flexibility index (Phi) is 3.68. The fourth-order valence-corrected chi connectivity index (χ4v) is 1.22. The standard InChI is InChI=1S/C8H10ClN3O3/c1-12(4-6(13)14)7-5(9)3-10-8(11-7)15-2/h3H,4H2,1-2H3,(H,13,14). The summed E-state index contributed by atoms with van der Waals surface area (Å²) >= 11 is 5.82. The van der Waals surface area contributed by atoms with Crippen LogP contribution in [0.5, 0.6) is 6.01 Å². The Labute approximate surface area is 91.5 Å². The van der Waals surface area contributed by atoms with Crippen LogP contribution in [0.1, 0.15) is 0 Å². The summed E-state index contributed by atoms with van der Waals surface area (Å²) in [5.74, 6) is -0.642. The van der Waals surface area contributed by atoms with Crippen molar-refractivity contribution in [1.82, 2.24) is 9.97 Å². The summed E-state index contributed by atoms with van der Waals surface area (Å²) in [6, 6.07) is 0.145. The summed E-state index contributed by atoms with van der Waals surface area (Å²) in [6.45, 7) is -0.195. The van der Waals surface area contributed by atoms with E-state index in [0.29, 0.717) is 5.82 Å². The van der Waals surface area contributed by atoms with E-state index < -0.39 is 5.97 Å². The van der Waals surface area contributed by atoms with Gasteiger partial charge in [0.25, 0.3) is 0 Å². The number of hydrogen-bond donors (Lipinski definition) is 1. The van der Waals surface area contributed by atoms with Crippen molar-refractivity contribution < 1.29 is 14.6 Å². The van der Waals surface area contributed by atoms with Crippen LogP contribution in [0.4, 0.5) is 5.82 Å². The number of aliphatic carboxylic acids is 1. The fraction of sp³-hybridized carbons (Fsp3) is 0.375. The number of carbonyl (C=O) groups is 1. The molecule has 1 aromatic heterocycles. The van der Waals surface area contributed by atoms with Crippen LogP contribution in [-0.2, 0) is 4.79 Å². The van der Waals surface area contributed by atoms with E-state index in [4.69, 9.17) is 21.4 Å². The third-order valence-electron chi connectivity index (χ3n) is 1.62. The Morgan fingerprint density at radius 2 is 2.40 bits per heavy atom. The minimum Gasteiger partial charge on any atom is -0.480 e. The highest BCUT2D eigenvalue weighted by Gasteiger charge is 2.12. The smallest absolute Gasteiger partial charge is 0.323 e. The molecule has 0 atom stereocenters. The lowest BCUT2D eigenvalue weighted by molar-refractivity contribution is -0.135. The van der Waals surface area contributed by atoms with E-state index in [1.807, 2.05) is 0 Å². The van der Waals surface area contributed by atoms with Crippen molar-refractivity contribution >= 4 is 23.4 Å². The Morgan fingerprint density at radius 1 is 1.73 bits per heavy atom. The van der Waals surface area contributed by atoms with E-state index in [2.05, 4.69) is 9.97 Å². The van der Waals surface area contributed by atoms with Crippen LogP contribution in [0.15, 0.2) is 6.20 Å². The van der Waals surface area contributed by atoms with Gasteiger partial charge in [0.1, 0.15) is 11.6 Å². The molecule has 0 aliphatic carbocycles. The molecule has 0 spiro atoms. The number of halogens is 1. The number of likely N-dealkylation sites (N-methyl/N-ethyl adjacent to an activating group) is 1. The van der Waals surface area contributed by atoms with E-state index in [1.54, 1.807) is 7.05 Å². The molecule has 1 N–H and O–H groups in total. The second-order valence-corrected chi connectivity index (χ2v) is 3.19. The zero-order chi connectivity index (χ0) is 11.4. The van der Waals surface area contributed by atoms with Crippen molar-refractivity contribution in [2.45, 2.75) is 0 Å². The number of methoxy groups -OCH3 is 1. The van der Waals surface area contributed by atoms with E-state index in [1.165, 1.54) is 18.2 Å². The van der Waals surface area contributed by atoms with Crippen LogP contribution < -0.4 is 9.64 Å². The Bertz CT molecular complexity index is 372. The van der Waals surface area contributed by atoms with Crippen LogP contribution in [0.2, 0.25) is 5.02 Å². The van der Waals surface area contributed by atoms with Crippen molar-refractivity contribution in [1.29, 1.82) is 0 Å². The first-order chi connectivity index (χ1) is 7.04. The van der Waals surface area contributed by atoms with E-state index in [-0.39, 0.29) is 17.6 Å². The molecule has 15 heavy (non-hydrogen) atoms. The third kappa shape index (κ3) is 2.95. The number of carboxylic acids is 1. The lowest BCUT2D eigenvalue weighted by atomic mass is 10.5. The average molecular weight is 232 g/mol. The van der Waals surface area contributed by atoms with Crippen LogP contribution in [0, 0.1) is 0 Å². The Morgan fingerprint density at radius 3 is 2.93 bits per heavy atom. The SMILES string of the molecule is COc1ncc(Cl)c(N(C)CC(=O)O)n1. The third-order valence-corrected chi connectivity index (χ3v) is 1.89. The fourth-order valence-electron chi connectivity index (χ4n) is 0.986. The molecule has 1 rings (SSSR count). The lowest BCUT2D eigenvalue weighted by Crippen LogP contribution is -2.26. The number of hydrogen-bond acceptors (Lipinski definition) is 5. The van der Waals surface area contributed by atoms with Crippen molar-refractivity contribution in [3.05, 3.63) is 11.2 Å². The first-order valence-electron chi connectivity index (χ1n) is 4.04. The number of ether oxygens (including phenoxy) is 1. The highest BCUT2D eigenvalue weighted by molar-refractivity contribution is 6.32. The van der Waals surface area contributed by atoms with Gasteiger partial charge in [0.15, 0.2) is 5.82 Å². The first-order valence-corrected chi connectivity index (χ1v) is 4.42.